The first-order chi connectivity index (χ1) is 11.2. The van der Waals surface area contributed by atoms with E-state index in [1.807, 2.05) is 23.9 Å². The Labute approximate surface area is 135 Å². The van der Waals surface area contributed by atoms with Gasteiger partial charge in [-0.15, -0.1) is 10.2 Å². The minimum Gasteiger partial charge on any atom is -0.481 e. The number of aliphatic hydroxyl groups excluding tert-OH is 1. The number of aliphatic hydroxyl groups is 1. The van der Waals surface area contributed by atoms with E-state index in [9.17, 15) is 5.11 Å². The first-order valence-corrected chi connectivity index (χ1v) is 7.91. The van der Waals surface area contributed by atoms with Gasteiger partial charge in [-0.05, 0) is 24.9 Å². The van der Waals surface area contributed by atoms with E-state index in [-0.39, 0.29) is 6.61 Å². The van der Waals surface area contributed by atoms with E-state index in [1.54, 1.807) is 7.11 Å². The number of ether oxygens (including phenoxy) is 1. The highest BCUT2D eigenvalue weighted by Gasteiger charge is 2.25. The molecule has 23 heavy (non-hydrogen) atoms. The largest absolute Gasteiger partial charge is 0.481 e. The zero-order valence-corrected chi connectivity index (χ0v) is 13.6. The molecule has 2 aromatic heterocycles. The molecule has 0 spiro atoms. The molecule has 7 heteroatoms. The molecular weight excluding hydrogens is 294 g/mol. The van der Waals surface area contributed by atoms with Crippen LogP contribution in [0.4, 0.5) is 0 Å². The fourth-order valence-corrected chi connectivity index (χ4v) is 3.16. The van der Waals surface area contributed by atoms with Crippen molar-refractivity contribution >= 4 is 0 Å². The van der Waals surface area contributed by atoms with Crippen molar-refractivity contribution in [3.05, 3.63) is 35.5 Å². The van der Waals surface area contributed by atoms with Crippen LogP contribution in [-0.2, 0) is 20.2 Å². The summed E-state index contributed by atoms with van der Waals surface area (Å²) in [5.74, 6) is 2.58. The third-order valence-electron chi connectivity index (χ3n) is 4.42. The third-order valence-corrected chi connectivity index (χ3v) is 4.42. The smallest absolute Gasteiger partial charge is 0.212 e. The molecule has 1 aliphatic rings. The Morgan fingerprint density at radius 3 is 2.87 bits per heavy atom. The molecule has 0 bridgehead atoms. The van der Waals surface area contributed by atoms with Crippen LogP contribution < -0.4 is 4.74 Å². The number of aromatic nitrogens is 4. The standard InChI is InChI=1S/C16H23N5O2/c1-20-14(11-22)18-19-16(20)13-4-3-7-21(10-13)9-12-5-6-15(23-2)17-8-12/h5-6,8,13,22H,3-4,7,9-11H2,1-2H3/t13-/m1/s1. The van der Waals surface area contributed by atoms with E-state index >= 15 is 0 Å². The van der Waals surface area contributed by atoms with Crippen molar-refractivity contribution in [2.24, 2.45) is 7.05 Å². The first-order valence-electron chi connectivity index (χ1n) is 7.91. The van der Waals surface area contributed by atoms with Crippen LogP contribution in [0.25, 0.3) is 0 Å². The van der Waals surface area contributed by atoms with Crippen molar-refractivity contribution in [2.45, 2.75) is 31.9 Å². The average Bonchev–Trinajstić information content (AvgIpc) is 2.96. The Balaban J connectivity index is 1.66. The molecule has 0 saturated carbocycles. The molecule has 3 rings (SSSR count). The van der Waals surface area contributed by atoms with Crippen LogP contribution in [0, 0.1) is 0 Å². The summed E-state index contributed by atoms with van der Waals surface area (Å²) >= 11 is 0. The fourth-order valence-electron chi connectivity index (χ4n) is 3.16. The third kappa shape index (κ3) is 3.51. The minimum absolute atomic E-state index is 0.0720. The first kappa shape index (κ1) is 15.9. The van der Waals surface area contributed by atoms with Gasteiger partial charge in [-0.3, -0.25) is 4.90 Å². The van der Waals surface area contributed by atoms with Crippen LogP contribution in [-0.4, -0.2) is 50.0 Å². The van der Waals surface area contributed by atoms with Gasteiger partial charge >= 0.3 is 0 Å². The van der Waals surface area contributed by atoms with E-state index in [4.69, 9.17) is 4.74 Å². The second-order valence-corrected chi connectivity index (χ2v) is 5.97. The van der Waals surface area contributed by atoms with Gasteiger partial charge in [0.1, 0.15) is 12.4 Å². The van der Waals surface area contributed by atoms with Crippen LogP contribution in [0.15, 0.2) is 18.3 Å². The summed E-state index contributed by atoms with van der Waals surface area (Å²) in [6.45, 7) is 2.83. The second-order valence-electron chi connectivity index (χ2n) is 5.97. The van der Waals surface area contributed by atoms with Crippen molar-refractivity contribution in [2.75, 3.05) is 20.2 Å². The minimum atomic E-state index is -0.0720. The van der Waals surface area contributed by atoms with Gasteiger partial charge in [0.2, 0.25) is 5.88 Å². The molecule has 0 aromatic carbocycles. The molecule has 124 valence electrons. The van der Waals surface area contributed by atoms with Gasteiger partial charge in [0.05, 0.1) is 7.11 Å². The molecule has 1 fully saturated rings. The number of hydrogen-bond donors (Lipinski definition) is 1. The summed E-state index contributed by atoms with van der Waals surface area (Å²) in [6, 6.07) is 3.95. The van der Waals surface area contributed by atoms with Gasteiger partial charge in [-0.1, -0.05) is 6.07 Å². The van der Waals surface area contributed by atoms with E-state index in [1.165, 1.54) is 5.56 Å². The average molecular weight is 317 g/mol. The van der Waals surface area contributed by atoms with Crippen molar-refractivity contribution in [1.82, 2.24) is 24.6 Å². The number of nitrogens with zero attached hydrogens (tertiary/aromatic N) is 5. The molecule has 0 amide bonds. The molecule has 1 N–H and O–H groups in total. The summed E-state index contributed by atoms with van der Waals surface area (Å²) in [5.41, 5.74) is 1.18. The Morgan fingerprint density at radius 1 is 1.35 bits per heavy atom. The fraction of sp³-hybridized carbons (Fsp3) is 0.562. The summed E-state index contributed by atoms with van der Waals surface area (Å²) in [6.07, 6.45) is 4.11. The van der Waals surface area contributed by atoms with Crippen molar-refractivity contribution in [1.29, 1.82) is 0 Å². The molecule has 1 atom stereocenters. The summed E-state index contributed by atoms with van der Waals surface area (Å²) in [5, 5.41) is 17.6. The summed E-state index contributed by atoms with van der Waals surface area (Å²) in [7, 11) is 3.55. The topological polar surface area (TPSA) is 76.3 Å². The van der Waals surface area contributed by atoms with E-state index < -0.39 is 0 Å². The molecule has 7 nitrogen and oxygen atoms in total. The Kier molecular flexibility index (Phi) is 4.88. The molecule has 1 aliphatic heterocycles. The van der Waals surface area contributed by atoms with E-state index in [2.05, 4.69) is 26.1 Å². The zero-order valence-electron chi connectivity index (χ0n) is 13.6. The maximum Gasteiger partial charge on any atom is 0.212 e. The molecule has 0 aliphatic carbocycles. The van der Waals surface area contributed by atoms with Crippen LogP contribution in [0.3, 0.4) is 0 Å². The van der Waals surface area contributed by atoms with Gasteiger partial charge in [0.25, 0.3) is 0 Å². The normalized spacial score (nSPS) is 19.0. The highest BCUT2D eigenvalue weighted by atomic mass is 16.5. The SMILES string of the molecule is COc1ccc(CN2CCC[C@@H](c3nnc(CO)n3C)C2)cn1. The second kappa shape index (κ2) is 7.06. The Hall–Kier alpha value is -1.99. The summed E-state index contributed by atoms with van der Waals surface area (Å²) < 4.78 is 7.02. The molecule has 1 saturated heterocycles. The lowest BCUT2D eigenvalue weighted by molar-refractivity contribution is 0.194. The lowest BCUT2D eigenvalue weighted by Crippen LogP contribution is -2.34. The molecule has 2 aromatic rings. The van der Waals surface area contributed by atoms with Gasteiger partial charge in [0, 0.05) is 38.3 Å². The maximum absolute atomic E-state index is 9.27. The van der Waals surface area contributed by atoms with Crippen LogP contribution in [0.2, 0.25) is 0 Å². The predicted octanol–water partition coefficient (Wildman–Crippen LogP) is 1.09. The number of rotatable bonds is 5. The molecule has 0 radical (unpaired) electrons. The molecule has 3 heterocycles. The predicted molar refractivity (Wildman–Crippen MR) is 85.0 cm³/mol. The van der Waals surface area contributed by atoms with Gasteiger partial charge in [-0.25, -0.2) is 4.98 Å². The molecular formula is C16H23N5O2. The summed E-state index contributed by atoms with van der Waals surface area (Å²) in [4.78, 5) is 6.69. The van der Waals surface area contributed by atoms with Crippen molar-refractivity contribution in [3.8, 4) is 5.88 Å². The lowest BCUT2D eigenvalue weighted by Gasteiger charge is -2.32. The Bertz CT molecular complexity index is 640. The van der Waals surface area contributed by atoms with Crippen LogP contribution in [0.5, 0.6) is 5.88 Å². The van der Waals surface area contributed by atoms with E-state index in [0.29, 0.717) is 17.6 Å². The van der Waals surface area contributed by atoms with Crippen LogP contribution >= 0.6 is 0 Å². The quantitative estimate of drug-likeness (QED) is 0.889. The number of likely N-dealkylation sites (tertiary alicyclic amines) is 1. The zero-order chi connectivity index (χ0) is 16.2. The number of pyridine rings is 1. The maximum atomic E-state index is 9.27. The Morgan fingerprint density at radius 2 is 2.22 bits per heavy atom. The van der Waals surface area contributed by atoms with Crippen molar-refractivity contribution < 1.29 is 9.84 Å². The lowest BCUT2D eigenvalue weighted by atomic mass is 9.97. The number of methoxy groups -OCH3 is 1. The van der Waals surface area contributed by atoms with Gasteiger partial charge in [0.15, 0.2) is 5.82 Å². The van der Waals surface area contributed by atoms with Crippen LogP contribution in [0.1, 0.15) is 36.0 Å². The number of hydrogen-bond acceptors (Lipinski definition) is 6. The van der Waals surface area contributed by atoms with Crippen molar-refractivity contribution in [3.63, 3.8) is 0 Å². The van der Waals surface area contributed by atoms with Gasteiger partial charge < -0.3 is 14.4 Å². The highest BCUT2D eigenvalue weighted by molar-refractivity contribution is 5.18. The highest BCUT2D eigenvalue weighted by Crippen LogP contribution is 2.26. The van der Waals surface area contributed by atoms with E-state index in [0.717, 1.165) is 38.3 Å². The van der Waals surface area contributed by atoms with Gasteiger partial charge in [-0.2, -0.15) is 0 Å². The number of piperidine rings is 1. The molecule has 0 unspecified atom stereocenters. The monoisotopic (exact) mass is 317 g/mol.